The van der Waals surface area contributed by atoms with Gasteiger partial charge in [0, 0.05) is 12.8 Å². The van der Waals surface area contributed by atoms with E-state index >= 15 is 0 Å². The van der Waals surface area contributed by atoms with Crippen molar-refractivity contribution >= 4 is 12.3 Å². The Balaban J connectivity index is 2.74. The highest BCUT2D eigenvalue weighted by Crippen LogP contribution is 2.20. The number of carbonyl (C=O) groups is 2. The number of benzene rings is 1. The van der Waals surface area contributed by atoms with E-state index in [1.54, 1.807) is 6.92 Å². The average Bonchev–Trinajstić information content (AvgIpc) is 2.29. The highest BCUT2D eigenvalue weighted by molar-refractivity contribution is 5.69. The zero-order valence-electron chi connectivity index (χ0n) is 8.68. The molecule has 0 saturated carbocycles. The summed E-state index contributed by atoms with van der Waals surface area (Å²) in [4.78, 5) is 21.6. The summed E-state index contributed by atoms with van der Waals surface area (Å²) in [6.07, 6.45) is 0.842. The molecule has 1 rings (SSSR count). The van der Waals surface area contributed by atoms with Crippen molar-refractivity contribution in [3.63, 3.8) is 0 Å². The van der Waals surface area contributed by atoms with Gasteiger partial charge in [-0.3, -0.25) is 4.79 Å². The normalized spacial score (nSPS) is 11.8. The van der Waals surface area contributed by atoms with Crippen LogP contribution < -0.4 is 0 Å². The van der Waals surface area contributed by atoms with E-state index in [-0.39, 0.29) is 12.4 Å². The van der Waals surface area contributed by atoms with E-state index < -0.39 is 6.10 Å². The van der Waals surface area contributed by atoms with Gasteiger partial charge in [-0.25, -0.2) is 0 Å². The molecule has 0 bridgehead atoms. The molecule has 0 saturated heterocycles. The minimum absolute atomic E-state index is 0.204. The van der Waals surface area contributed by atoms with E-state index in [0.29, 0.717) is 6.42 Å². The van der Waals surface area contributed by atoms with Crippen LogP contribution in [0.1, 0.15) is 31.4 Å². The lowest BCUT2D eigenvalue weighted by atomic mass is 10.1. The Kier molecular flexibility index (Phi) is 4.54. The molecule has 1 atom stereocenters. The summed E-state index contributed by atoms with van der Waals surface area (Å²) in [6, 6.07) is 9.27. The maximum atomic E-state index is 11.1. The predicted molar refractivity (Wildman–Crippen MR) is 56.2 cm³/mol. The molecule has 15 heavy (non-hydrogen) atoms. The van der Waals surface area contributed by atoms with Crippen molar-refractivity contribution in [2.75, 3.05) is 0 Å². The minimum atomic E-state index is -0.448. The van der Waals surface area contributed by atoms with Crippen LogP contribution in [-0.2, 0) is 14.3 Å². The Morgan fingerprint density at radius 2 is 2.07 bits per heavy atom. The molecule has 0 aliphatic rings. The van der Waals surface area contributed by atoms with Gasteiger partial charge >= 0.3 is 5.97 Å². The molecule has 0 heterocycles. The molecule has 80 valence electrons. The molecule has 0 N–H and O–H groups in total. The van der Waals surface area contributed by atoms with E-state index in [0.717, 1.165) is 11.8 Å². The number of hydrogen-bond donors (Lipinski definition) is 0. The van der Waals surface area contributed by atoms with Crippen molar-refractivity contribution in [1.82, 2.24) is 0 Å². The minimum Gasteiger partial charge on any atom is -0.457 e. The maximum absolute atomic E-state index is 11.1. The first-order chi connectivity index (χ1) is 7.27. The average molecular weight is 206 g/mol. The van der Waals surface area contributed by atoms with Crippen molar-refractivity contribution in [1.29, 1.82) is 0 Å². The van der Waals surface area contributed by atoms with Gasteiger partial charge in [-0.1, -0.05) is 37.3 Å². The number of hydrogen-bond acceptors (Lipinski definition) is 3. The van der Waals surface area contributed by atoms with Crippen molar-refractivity contribution < 1.29 is 14.3 Å². The number of rotatable bonds is 5. The van der Waals surface area contributed by atoms with Gasteiger partial charge < -0.3 is 9.53 Å². The number of ether oxygens (including phenoxy) is 1. The smallest absolute Gasteiger partial charge is 0.306 e. The third kappa shape index (κ3) is 3.54. The first-order valence-electron chi connectivity index (χ1n) is 4.96. The summed E-state index contributed by atoms with van der Waals surface area (Å²) < 4.78 is 5.16. The molecule has 0 aromatic heterocycles. The van der Waals surface area contributed by atoms with Crippen LogP contribution in [0.25, 0.3) is 0 Å². The second-order valence-corrected chi connectivity index (χ2v) is 3.15. The Hall–Kier alpha value is -1.64. The van der Waals surface area contributed by atoms with E-state index in [1.165, 1.54) is 0 Å². The number of esters is 1. The van der Waals surface area contributed by atoms with Crippen LogP contribution in [0.5, 0.6) is 0 Å². The molecular weight excluding hydrogens is 192 g/mol. The van der Waals surface area contributed by atoms with Gasteiger partial charge in [-0.15, -0.1) is 0 Å². The van der Waals surface area contributed by atoms with Crippen LogP contribution in [0.2, 0.25) is 0 Å². The SMILES string of the molecule is CCC(=O)OC(CC=O)c1ccccc1. The van der Waals surface area contributed by atoms with E-state index in [9.17, 15) is 9.59 Å². The van der Waals surface area contributed by atoms with Crippen LogP contribution in [0, 0.1) is 0 Å². The first kappa shape index (κ1) is 11.4. The molecule has 0 aliphatic heterocycles. The van der Waals surface area contributed by atoms with Crippen molar-refractivity contribution in [3.8, 4) is 0 Å². The highest BCUT2D eigenvalue weighted by Gasteiger charge is 2.14. The van der Waals surface area contributed by atoms with Crippen LogP contribution in [-0.4, -0.2) is 12.3 Å². The standard InChI is InChI=1S/C12H14O3/c1-2-12(14)15-11(8-9-13)10-6-4-3-5-7-10/h3-7,9,11H,2,8H2,1H3. The van der Waals surface area contributed by atoms with Crippen LogP contribution in [0.3, 0.4) is 0 Å². The zero-order chi connectivity index (χ0) is 11.1. The quantitative estimate of drug-likeness (QED) is 0.548. The Labute approximate surface area is 89.1 Å². The second kappa shape index (κ2) is 5.96. The molecular formula is C12H14O3. The lowest BCUT2D eigenvalue weighted by molar-refractivity contribution is -0.149. The molecule has 3 heteroatoms. The summed E-state index contributed by atoms with van der Waals surface area (Å²) in [5.41, 5.74) is 0.853. The maximum Gasteiger partial charge on any atom is 0.306 e. The summed E-state index contributed by atoms with van der Waals surface area (Å²) in [6.45, 7) is 1.73. The first-order valence-corrected chi connectivity index (χ1v) is 4.96. The lowest BCUT2D eigenvalue weighted by Crippen LogP contribution is -2.10. The van der Waals surface area contributed by atoms with Gasteiger partial charge in [0.15, 0.2) is 0 Å². The van der Waals surface area contributed by atoms with E-state index in [2.05, 4.69) is 0 Å². The predicted octanol–water partition coefficient (Wildman–Crippen LogP) is 2.27. The molecule has 0 aliphatic carbocycles. The van der Waals surface area contributed by atoms with Gasteiger partial charge in [-0.05, 0) is 5.56 Å². The van der Waals surface area contributed by atoms with Crippen LogP contribution in [0.15, 0.2) is 30.3 Å². The molecule has 0 fully saturated rings. The second-order valence-electron chi connectivity index (χ2n) is 3.15. The Morgan fingerprint density at radius 1 is 1.40 bits per heavy atom. The van der Waals surface area contributed by atoms with E-state index in [1.807, 2.05) is 30.3 Å². The van der Waals surface area contributed by atoms with Gasteiger partial charge in [0.2, 0.25) is 0 Å². The third-order valence-corrected chi connectivity index (χ3v) is 2.04. The topological polar surface area (TPSA) is 43.4 Å². The summed E-state index contributed by atoms with van der Waals surface area (Å²) >= 11 is 0. The monoisotopic (exact) mass is 206 g/mol. The van der Waals surface area contributed by atoms with E-state index in [4.69, 9.17) is 4.74 Å². The van der Waals surface area contributed by atoms with Gasteiger partial charge in [0.05, 0.1) is 0 Å². The summed E-state index contributed by atoms with van der Waals surface area (Å²) in [5.74, 6) is -0.286. The van der Waals surface area contributed by atoms with Gasteiger partial charge in [-0.2, -0.15) is 0 Å². The van der Waals surface area contributed by atoms with Gasteiger partial charge in [0.25, 0.3) is 0 Å². The summed E-state index contributed by atoms with van der Waals surface area (Å²) in [7, 11) is 0. The molecule has 1 unspecified atom stereocenters. The van der Waals surface area contributed by atoms with Gasteiger partial charge in [0.1, 0.15) is 12.4 Å². The highest BCUT2D eigenvalue weighted by atomic mass is 16.5. The third-order valence-electron chi connectivity index (χ3n) is 2.04. The molecule has 0 amide bonds. The molecule has 1 aromatic rings. The Morgan fingerprint density at radius 3 is 2.60 bits per heavy atom. The fourth-order valence-corrected chi connectivity index (χ4v) is 1.25. The fourth-order valence-electron chi connectivity index (χ4n) is 1.25. The molecule has 0 radical (unpaired) electrons. The van der Waals surface area contributed by atoms with Crippen LogP contribution in [0.4, 0.5) is 0 Å². The largest absolute Gasteiger partial charge is 0.457 e. The van der Waals surface area contributed by atoms with Crippen LogP contribution >= 0.6 is 0 Å². The van der Waals surface area contributed by atoms with Crippen molar-refractivity contribution in [2.45, 2.75) is 25.9 Å². The number of carbonyl (C=O) groups excluding carboxylic acids is 2. The number of aldehydes is 1. The lowest BCUT2D eigenvalue weighted by Gasteiger charge is -2.15. The van der Waals surface area contributed by atoms with Crippen molar-refractivity contribution in [3.05, 3.63) is 35.9 Å². The zero-order valence-corrected chi connectivity index (χ0v) is 8.68. The molecule has 3 nitrogen and oxygen atoms in total. The van der Waals surface area contributed by atoms with Crippen molar-refractivity contribution in [2.24, 2.45) is 0 Å². The fraction of sp³-hybridized carbons (Fsp3) is 0.333. The molecule has 0 spiro atoms. The Bertz CT molecular complexity index is 319. The summed E-state index contributed by atoms with van der Waals surface area (Å²) in [5, 5.41) is 0. The molecule has 1 aromatic carbocycles.